The molecule has 1 aromatic heterocycles. The highest BCUT2D eigenvalue weighted by molar-refractivity contribution is 5.94. The zero-order valence-corrected chi connectivity index (χ0v) is 15.9. The molecule has 11 nitrogen and oxygen atoms in total. The molecule has 0 saturated heterocycles. The highest BCUT2D eigenvalue weighted by atomic mass is 16.6. The minimum Gasteiger partial charge on any atom is -0.493 e. The number of nitro groups is 1. The molecule has 0 aliphatic carbocycles. The number of nitrogens with two attached hydrogens (primary N) is 1. The molecule has 4 N–H and O–H groups in total. The number of hydrogen-bond donors (Lipinski definition) is 3. The molecule has 3 aromatic rings. The van der Waals surface area contributed by atoms with Crippen molar-refractivity contribution in [1.82, 2.24) is 15.4 Å². The number of nitrogens with one attached hydrogen (secondary N) is 2. The second-order valence-corrected chi connectivity index (χ2v) is 5.91. The molecule has 0 spiro atoms. The number of aromatic nitrogens is 2. The number of rotatable bonds is 8. The van der Waals surface area contributed by atoms with Crippen LogP contribution in [0.3, 0.4) is 0 Å². The molecule has 1 amide bonds. The molecule has 0 aliphatic heterocycles. The number of nitrogen functional groups attached to an aromatic ring is 1. The van der Waals surface area contributed by atoms with Crippen LogP contribution < -0.4 is 26.1 Å². The number of ether oxygens (including phenoxy) is 2. The molecule has 1 heterocycles. The summed E-state index contributed by atoms with van der Waals surface area (Å²) in [6.45, 7) is 0.324. The number of anilines is 1. The molecule has 0 fully saturated rings. The summed E-state index contributed by atoms with van der Waals surface area (Å²) in [6, 6.07) is 13.6. The minimum atomic E-state index is -0.634. The van der Waals surface area contributed by atoms with Crippen molar-refractivity contribution in [2.75, 3.05) is 12.4 Å². The number of hydrogen-bond acceptors (Lipinski definition) is 9. The number of amides is 1. The Kier molecular flexibility index (Phi) is 6.35. The largest absolute Gasteiger partial charge is 0.493 e. The Labute approximate surface area is 171 Å². The van der Waals surface area contributed by atoms with Crippen LogP contribution in [0.15, 0.2) is 54.9 Å². The van der Waals surface area contributed by atoms with Gasteiger partial charge in [0.15, 0.2) is 11.5 Å². The lowest BCUT2D eigenvalue weighted by atomic mass is 10.2. The van der Waals surface area contributed by atoms with Crippen LogP contribution in [0.1, 0.15) is 15.9 Å². The van der Waals surface area contributed by atoms with E-state index in [4.69, 9.17) is 15.3 Å². The summed E-state index contributed by atoms with van der Waals surface area (Å²) in [6.07, 6.45) is 1.15. The lowest BCUT2D eigenvalue weighted by molar-refractivity contribution is -0.385. The summed E-state index contributed by atoms with van der Waals surface area (Å²) in [5.74, 6) is 4.62. The fourth-order valence-electron chi connectivity index (χ4n) is 2.59. The van der Waals surface area contributed by atoms with E-state index in [2.05, 4.69) is 15.3 Å². The first-order valence-electron chi connectivity index (χ1n) is 8.67. The fraction of sp³-hybridized carbons (Fsp3) is 0.105. The second kappa shape index (κ2) is 9.30. The van der Waals surface area contributed by atoms with Crippen LogP contribution in [-0.2, 0) is 6.54 Å². The van der Waals surface area contributed by atoms with Crippen molar-refractivity contribution in [3.63, 3.8) is 0 Å². The lowest BCUT2D eigenvalue weighted by Gasteiger charge is -2.12. The Morgan fingerprint density at radius 1 is 1.17 bits per heavy atom. The van der Waals surface area contributed by atoms with Crippen LogP contribution in [0.2, 0.25) is 0 Å². The zero-order chi connectivity index (χ0) is 21.5. The molecule has 0 saturated carbocycles. The average molecular weight is 410 g/mol. The smallest absolute Gasteiger partial charge is 0.373 e. The van der Waals surface area contributed by atoms with Crippen LogP contribution in [0, 0.1) is 10.1 Å². The Morgan fingerprint density at radius 2 is 1.93 bits per heavy atom. The first-order chi connectivity index (χ1) is 14.5. The van der Waals surface area contributed by atoms with Gasteiger partial charge in [-0.2, -0.15) is 4.98 Å². The normalized spacial score (nSPS) is 10.2. The van der Waals surface area contributed by atoms with Crippen LogP contribution in [-0.4, -0.2) is 27.9 Å². The van der Waals surface area contributed by atoms with E-state index >= 15 is 0 Å². The van der Waals surface area contributed by atoms with E-state index in [0.29, 0.717) is 6.54 Å². The van der Waals surface area contributed by atoms with Crippen molar-refractivity contribution < 1.29 is 19.2 Å². The molecule has 30 heavy (non-hydrogen) atoms. The molecule has 0 bridgehead atoms. The fourth-order valence-corrected chi connectivity index (χ4v) is 2.59. The highest BCUT2D eigenvalue weighted by Gasteiger charge is 2.26. The van der Waals surface area contributed by atoms with Crippen molar-refractivity contribution in [3.05, 3.63) is 76.1 Å². The number of benzene rings is 2. The van der Waals surface area contributed by atoms with Crippen molar-refractivity contribution in [1.29, 1.82) is 0 Å². The summed E-state index contributed by atoms with van der Waals surface area (Å²) in [5.41, 5.74) is 2.72. The molecular formula is C19H18N6O5. The maximum absolute atomic E-state index is 11.7. The van der Waals surface area contributed by atoms with Crippen LogP contribution >= 0.6 is 0 Å². The van der Waals surface area contributed by atoms with E-state index in [1.165, 1.54) is 25.3 Å². The zero-order valence-electron chi connectivity index (χ0n) is 15.9. The number of hydrazine groups is 1. The molecule has 2 aromatic carbocycles. The molecule has 154 valence electrons. The number of nitrogens with zero attached hydrogens (tertiary/aromatic N) is 3. The Morgan fingerprint density at radius 3 is 2.60 bits per heavy atom. The molecule has 0 radical (unpaired) electrons. The first kappa shape index (κ1) is 20.5. The molecule has 0 unspecified atom stereocenters. The average Bonchev–Trinajstić information content (AvgIpc) is 2.77. The second-order valence-electron chi connectivity index (χ2n) is 5.91. The Bertz CT molecular complexity index is 1060. The van der Waals surface area contributed by atoms with Crippen molar-refractivity contribution in [2.45, 2.75) is 6.54 Å². The summed E-state index contributed by atoms with van der Waals surface area (Å²) < 4.78 is 10.8. The third-order valence-electron chi connectivity index (χ3n) is 4.04. The van der Waals surface area contributed by atoms with Gasteiger partial charge in [0.2, 0.25) is 5.82 Å². The molecule has 11 heteroatoms. The van der Waals surface area contributed by atoms with Gasteiger partial charge in [0.1, 0.15) is 6.33 Å². The standard InChI is InChI=1S/C19H18N6O5/c1-29-15-9-13(18(26)24-20)7-8-14(15)30-19-16(25(27)28)17(22-11-23-19)21-10-12-5-3-2-4-6-12/h2-9,11H,10,20H2,1H3,(H,24,26)(H,21,22,23). The highest BCUT2D eigenvalue weighted by Crippen LogP contribution is 2.38. The quantitative estimate of drug-likeness (QED) is 0.220. The van der Waals surface area contributed by atoms with Crippen molar-refractivity contribution in [2.24, 2.45) is 5.84 Å². The van der Waals surface area contributed by atoms with Gasteiger partial charge in [-0.1, -0.05) is 30.3 Å². The molecule has 0 atom stereocenters. The number of carbonyl (C=O) groups excluding carboxylic acids is 1. The van der Waals surface area contributed by atoms with Crippen LogP contribution in [0.5, 0.6) is 17.4 Å². The lowest BCUT2D eigenvalue weighted by Crippen LogP contribution is -2.29. The van der Waals surface area contributed by atoms with Gasteiger partial charge in [-0.3, -0.25) is 20.3 Å². The number of methoxy groups -OCH3 is 1. The van der Waals surface area contributed by atoms with Gasteiger partial charge >= 0.3 is 11.6 Å². The van der Waals surface area contributed by atoms with Gasteiger partial charge in [-0.15, -0.1) is 0 Å². The maximum Gasteiger partial charge on any atom is 0.373 e. The molecular weight excluding hydrogens is 392 g/mol. The van der Waals surface area contributed by atoms with E-state index in [1.54, 1.807) is 0 Å². The predicted octanol–water partition coefficient (Wildman–Crippen LogP) is 2.40. The number of carbonyl (C=O) groups is 1. The summed E-state index contributed by atoms with van der Waals surface area (Å²) in [5, 5.41) is 14.6. The third-order valence-corrected chi connectivity index (χ3v) is 4.04. The van der Waals surface area contributed by atoms with E-state index in [1.807, 2.05) is 35.8 Å². The minimum absolute atomic E-state index is 0.00643. The van der Waals surface area contributed by atoms with Gasteiger partial charge in [-0.25, -0.2) is 10.8 Å². The Balaban J connectivity index is 1.91. The van der Waals surface area contributed by atoms with Crippen molar-refractivity contribution in [3.8, 4) is 17.4 Å². The SMILES string of the molecule is COc1cc(C(=O)NN)ccc1Oc1ncnc(NCc2ccccc2)c1[N+](=O)[O-]. The first-order valence-corrected chi connectivity index (χ1v) is 8.67. The van der Waals surface area contributed by atoms with E-state index in [-0.39, 0.29) is 28.8 Å². The van der Waals surface area contributed by atoms with Crippen LogP contribution in [0.25, 0.3) is 0 Å². The Hall–Kier alpha value is -4.25. The maximum atomic E-state index is 11.7. The van der Waals surface area contributed by atoms with E-state index in [9.17, 15) is 14.9 Å². The third kappa shape index (κ3) is 4.59. The van der Waals surface area contributed by atoms with Crippen LogP contribution in [0.4, 0.5) is 11.5 Å². The molecule has 0 aliphatic rings. The van der Waals surface area contributed by atoms with Gasteiger partial charge in [0.05, 0.1) is 12.0 Å². The van der Waals surface area contributed by atoms with Crippen molar-refractivity contribution >= 4 is 17.4 Å². The summed E-state index contributed by atoms with van der Waals surface area (Å²) in [4.78, 5) is 30.6. The van der Waals surface area contributed by atoms with Gasteiger partial charge in [-0.05, 0) is 23.8 Å². The van der Waals surface area contributed by atoms with E-state index < -0.39 is 16.5 Å². The monoisotopic (exact) mass is 410 g/mol. The predicted molar refractivity (Wildman–Crippen MR) is 107 cm³/mol. The molecule has 3 rings (SSSR count). The summed E-state index contributed by atoms with van der Waals surface area (Å²) in [7, 11) is 1.37. The van der Waals surface area contributed by atoms with Gasteiger partial charge < -0.3 is 14.8 Å². The van der Waals surface area contributed by atoms with Gasteiger partial charge in [0, 0.05) is 12.1 Å². The van der Waals surface area contributed by atoms with Gasteiger partial charge in [0.25, 0.3) is 5.91 Å². The topological polar surface area (TPSA) is 155 Å². The van der Waals surface area contributed by atoms with E-state index in [0.717, 1.165) is 11.9 Å². The summed E-state index contributed by atoms with van der Waals surface area (Å²) >= 11 is 0.